The maximum atomic E-state index is 6.59. The van der Waals surface area contributed by atoms with Crippen molar-refractivity contribution in [3.8, 4) is 0 Å². The molecule has 3 heteroatoms. The second kappa shape index (κ2) is 7.01. The predicted molar refractivity (Wildman–Crippen MR) is 94.2 cm³/mol. The summed E-state index contributed by atoms with van der Waals surface area (Å²) in [5.41, 5.74) is 0.457. The Kier molecular flexibility index (Phi) is 5.40. The van der Waals surface area contributed by atoms with E-state index in [0.717, 1.165) is 37.7 Å². The fourth-order valence-corrected chi connectivity index (χ4v) is 4.65. The van der Waals surface area contributed by atoms with Crippen molar-refractivity contribution in [3.63, 3.8) is 0 Å². The molecular weight excluding hydrogens is 286 g/mol. The summed E-state index contributed by atoms with van der Waals surface area (Å²) in [7, 11) is 0. The summed E-state index contributed by atoms with van der Waals surface area (Å²) in [5.74, 6) is 1.43. The minimum absolute atomic E-state index is 0.272. The Morgan fingerprint density at radius 3 is 2.30 bits per heavy atom. The van der Waals surface area contributed by atoms with Gasteiger partial charge in [0.1, 0.15) is 6.23 Å². The number of ether oxygens (including phenoxy) is 2. The highest BCUT2D eigenvalue weighted by Crippen LogP contribution is 2.46. The summed E-state index contributed by atoms with van der Waals surface area (Å²) in [5, 5.41) is 0. The fourth-order valence-electron chi connectivity index (χ4n) is 4.65. The van der Waals surface area contributed by atoms with Crippen LogP contribution < -0.4 is 0 Å². The average Bonchev–Trinajstić information content (AvgIpc) is 2.56. The lowest BCUT2D eigenvalue weighted by atomic mass is 9.68. The molecule has 3 nitrogen and oxygen atoms in total. The number of piperidine rings is 1. The van der Waals surface area contributed by atoms with Crippen molar-refractivity contribution < 1.29 is 9.47 Å². The molecule has 0 aromatic heterocycles. The second-order valence-electron chi connectivity index (χ2n) is 8.96. The fraction of sp³-hybridized carbons (Fsp3) is 1.00. The zero-order chi connectivity index (χ0) is 16.5. The number of hydrogen-bond acceptors (Lipinski definition) is 3. The molecule has 2 heterocycles. The van der Waals surface area contributed by atoms with Crippen LogP contribution in [0.2, 0.25) is 0 Å². The molecule has 1 saturated carbocycles. The largest absolute Gasteiger partial charge is 0.350 e. The summed E-state index contributed by atoms with van der Waals surface area (Å²) < 4.78 is 12.8. The predicted octanol–water partition coefficient (Wildman–Crippen LogP) is 4.80. The molecule has 1 spiro atoms. The molecule has 0 radical (unpaired) electrons. The van der Waals surface area contributed by atoms with E-state index in [1.54, 1.807) is 0 Å². The van der Waals surface area contributed by atoms with E-state index in [-0.39, 0.29) is 5.79 Å². The third kappa shape index (κ3) is 3.93. The zero-order valence-electron chi connectivity index (χ0n) is 15.8. The van der Waals surface area contributed by atoms with Crippen LogP contribution in [0.4, 0.5) is 0 Å². The highest BCUT2D eigenvalue weighted by atomic mass is 16.7. The van der Waals surface area contributed by atoms with Gasteiger partial charge in [-0.3, -0.25) is 4.90 Å². The van der Waals surface area contributed by atoms with E-state index in [4.69, 9.17) is 9.47 Å². The molecule has 23 heavy (non-hydrogen) atoms. The molecule has 3 fully saturated rings. The van der Waals surface area contributed by atoms with Crippen molar-refractivity contribution in [2.75, 3.05) is 19.7 Å². The van der Waals surface area contributed by atoms with Gasteiger partial charge in [0.15, 0.2) is 5.79 Å². The van der Waals surface area contributed by atoms with Crippen molar-refractivity contribution in [2.24, 2.45) is 17.3 Å². The second-order valence-corrected chi connectivity index (χ2v) is 8.96. The van der Waals surface area contributed by atoms with Crippen LogP contribution in [0.1, 0.15) is 79.1 Å². The molecule has 0 aromatic rings. The van der Waals surface area contributed by atoms with Crippen LogP contribution in [0.3, 0.4) is 0 Å². The van der Waals surface area contributed by atoms with Crippen molar-refractivity contribution >= 4 is 0 Å². The Morgan fingerprint density at radius 2 is 1.70 bits per heavy atom. The maximum Gasteiger partial charge on any atom is 0.170 e. The topological polar surface area (TPSA) is 21.7 Å². The lowest BCUT2D eigenvalue weighted by Crippen LogP contribution is -2.54. The lowest BCUT2D eigenvalue weighted by molar-refractivity contribution is -0.334. The first-order valence-electron chi connectivity index (χ1n) is 10.00. The molecular formula is C20H37NO2. The van der Waals surface area contributed by atoms with Gasteiger partial charge in [0.2, 0.25) is 0 Å². The first kappa shape index (κ1) is 17.7. The normalized spacial score (nSPS) is 38.1. The summed E-state index contributed by atoms with van der Waals surface area (Å²) >= 11 is 0. The van der Waals surface area contributed by atoms with Gasteiger partial charge in [-0.15, -0.1) is 0 Å². The minimum Gasteiger partial charge on any atom is -0.350 e. The van der Waals surface area contributed by atoms with Gasteiger partial charge >= 0.3 is 0 Å². The average molecular weight is 324 g/mol. The van der Waals surface area contributed by atoms with Crippen LogP contribution in [-0.4, -0.2) is 36.6 Å². The number of hydrogen-bond donors (Lipinski definition) is 0. The van der Waals surface area contributed by atoms with Gasteiger partial charge in [0, 0.05) is 32.4 Å². The summed E-state index contributed by atoms with van der Waals surface area (Å²) in [6.45, 7) is 12.8. The van der Waals surface area contributed by atoms with Crippen LogP contribution >= 0.6 is 0 Å². The highest BCUT2D eigenvalue weighted by molar-refractivity contribution is 4.89. The van der Waals surface area contributed by atoms with Gasteiger partial charge in [0.05, 0.1) is 6.61 Å². The van der Waals surface area contributed by atoms with Crippen LogP contribution in [0.5, 0.6) is 0 Å². The summed E-state index contributed by atoms with van der Waals surface area (Å²) in [4.78, 5) is 2.58. The van der Waals surface area contributed by atoms with Gasteiger partial charge in [0.25, 0.3) is 0 Å². The Bertz CT molecular complexity index is 379. The zero-order valence-corrected chi connectivity index (χ0v) is 15.8. The number of rotatable bonds is 3. The van der Waals surface area contributed by atoms with Crippen LogP contribution in [-0.2, 0) is 9.47 Å². The van der Waals surface area contributed by atoms with Crippen molar-refractivity contribution in [1.29, 1.82) is 0 Å². The molecule has 0 amide bonds. The Hall–Kier alpha value is -0.120. The third-order valence-electron chi connectivity index (χ3n) is 7.07. The first-order valence-corrected chi connectivity index (χ1v) is 10.00. The van der Waals surface area contributed by atoms with Crippen molar-refractivity contribution in [3.05, 3.63) is 0 Å². The third-order valence-corrected chi connectivity index (χ3v) is 7.07. The highest BCUT2D eigenvalue weighted by Gasteiger charge is 2.45. The van der Waals surface area contributed by atoms with E-state index in [1.807, 2.05) is 0 Å². The number of likely N-dealkylation sites (tertiary alicyclic amines) is 1. The van der Waals surface area contributed by atoms with Gasteiger partial charge in [-0.25, -0.2) is 0 Å². The smallest absolute Gasteiger partial charge is 0.170 e. The van der Waals surface area contributed by atoms with E-state index < -0.39 is 0 Å². The van der Waals surface area contributed by atoms with Gasteiger partial charge in [-0.2, -0.15) is 0 Å². The standard InChI is InChI=1S/C20H37NO2/c1-5-19(3,4)17-6-11-20(12-7-17)22-15-10-18(23-20)21-13-8-16(2)9-14-21/h16-18H,5-15H2,1-4H3. The molecule has 2 saturated heterocycles. The molecule has 0 N–H and O–H groups in total. The van der Waals surface area contributed by atoms with Crippen molar-refractivity contribution in [2.45, 2.75) is 91.1 Å². The quantitative estimate of drug-likeness (QED) is 0.744. The molecule has 3 aliphatic rings. The molecule has 1 atom stereocenters. The molecule has 0 bridgehead atoms. The Morgan fingerprint density at radius 1 is 1.04 bits per heavy atom. The molecule has 1 unspecified atom stereocenters. The molecule has 134 valence electrons. The first-order chi connectivity index (χ1) is 10.9. The monoisotopic (exact) mass is 323 g/mol. The van der Waals surface area contributed by atoms with Crippen LogP contribution in [0.15, 0.2) is 0 Å². The SMILES string of the molecule is CCC(C)(C)C1CCC2(CC1)OCCC(N1CCC(C)CC1)O2. The minimum atomic E-state index is -0.272. The lowest BCUT2D eigenvalue weighted by Gasteiger charge is -2.50. The van der Waals surface area contributed by atoms with Gasteiger partial charge < -0.3 is 9.47 Å². The van der Waals surface area contributed by atoms with E-state index in [1.165, 1.54) is 45.2 Å². The molecule has 0 aromatic carbocycles. The maximum absolute atomic E-state index is 6.59. The molecule has 1 aliphatic carbocycles. The molecule has 3 rings (SSSR count). The van der Waals surface area contributed by atoms with Crippen LogP contribution in [0, 0.1) is 17.3 Å². The van der Waals surface area contributed by atoms with E-state index in [9.17, 15) is 0 Å². The summed E-state index contributed by atoms with van der Waals surface area (Å²) in [6.07, 6.45) is 9.92. The van der Waals surface area contributed by atoms with Crippen molar-refractivity contribution in [1.82, 2.24) is 4.90 Å². The van der Waals surface area contributed by atoms with Gasteiger partial charge in [-0.1, -0.05) is 34.1 Å². The number of nitrogens with zero attached hydrogens (tertiary/aromatic N) is 1. The van der Waals surface area contributed by atoms with E-state index in [2.05, 4.69) is 32.6 Å². The van der Waals surface area contributed by atoms with Crippen LogP contribution in [0.25, 0.3) is 0 Å². The van der Waals surface area contributed by atoms with E-state index in [0.29, 0.717) is 11.6 Å². The Balaban J connectivity index is 1.56. The summed E-state index contributed by atoms with van der Waals surface area (Å²) in [6, 6.07) is 0. The van der Waals surface area contributed by atoms with E-state index >= 15 is 0 Å². The van der Waals surface area contributed by atoms with Gasteiger partial charge in [-0.05, 0) is 42.9 Å². The molecule has 2 aliphatic heterocycles. The Labute approximate surface area is 143 Å².